The maximum Gasteiger partial charge on any atom is 0.307 e. The first kappa shape index (κ1) is 12.5. The fourth-order valence-corrected chi connectivity index (χ4v) is 1.80. The SMILES string of the molecule is COC(=O)CC(C)Nc1ccc2c(c1)OCCO2. The van der Waals surface area contributed by atoms with Crippen LogP contribution in [0.3, 0.4) is 0 Å². The zero-order valence-corrected chi connectivity index (χ0v) is 10.6. The summed E-state index contributed by atoms with van der Waals surface area (Å²) in [6, 6.07) is 5.64. The summed E-state index contributed by atoms with van der Waals surface area (Å²) in [6.07, 6.45) is 0.324. The molecule has 0 fully saturated rings. The van der Waals surface area contributed by atoms with Crippen molar-refractivity contribution >= 4 is 11.7 Å². The van der Waals surface area contributed by atoms with Gasteiger partial charge in [0.1, 0.15) is 13.2 Å². The summed E-state index contributed by atoms with van der Waals surface area (Å²) in [5.74, 6) is 1.26. The molecule has 1 atom stereocenters. The van der Waals surface area contributed by atoms with Crippen molar-refractivity contribution in [1.29, 1.82) is 0 Å². The monoisotopic (exact) mass is 251 g/mol. The molecule has 0 aliphatic carbocycles. The molecule has 5 nitrogen and oxygen atoms in total. The Bertz CT molecular complexity index is 433. The van der Waals surface area contributed by atoms with Gasteiger partial charge in [0.05, 0.1) is 13.5 Å². The van der Waals surface area contributed by atoms with Gasteiger partial charge in [-0.25, -0.2) is 0 Å². The Hall–Kier alpha value is -1.91. The van der Waals surface area contributed by atoms with Gasteiger partial charge in [0.15, 0.2) is 11.5 Å². The molecule has 0 saturated carbocycles. The van der Waals surface area contributed by atoms with Crippen molar-refractivity contribution in [2.45, 2.75) is 19.4 Å². The Morgan fingerprint density at radius 1 is 1.39 bits per heavy atom. The lowest BCUT2D eigenvalue weighted by Crippen LogP contribution is -2.21. The van der Waals surface area contributed by atoms with Crippen LogP contribution < -0.4 is 14.8 Å². The molecule has 0 aromatic heterocycles. The summed E-state index contributed by atoms with van der Waals surface area (Å²) in [7, 11) is 1.39. The van der Waals surface area contributed by atoms with E-state index in [0.29, 0.717) is 19.6 Å². The van der Waals surface area contributed by atoms with E-state index in [9.17, 15) is 4.79 Å². The molecular formula is C13H17NO4. The molecule has 18 heavy (non-hydrogen) atoms. The van der Waals surface area contributed by atoms with Crippen LogP contribution in [-0.4, -0.2) is 32.3 Å². The smallest absolute Gasteiger partial charge is 0.307 e. The predicted molar refractivity (Wildman–Crippen MR) is 67.1 cm³/mol. The zero-order chi connectivity index (χ0) is 13.0. The Labute approximate surface area is 106 Å². The largest absolute Gasteiger partial charge is 0.486 e. The van der Waals surface area contributed by atoms with Gasteiger partial charge in [-0.1, -0.05) is 0 Å². The minimum atomic E-state index is -0.229. The van der Waals surface area contributed by atoms with Crippen LogP contribution in [0.4, 0.5) is 5.69 Å². The van der Waals surface area contributed by atoms with Gasteiger partial charge in [0, 0.05) is 17.8 Å². The summed E-state index contributed by atoms with van der Waals surface area (Å²) in [4.78, 5) is 11.1. The van der Waals surface area contributed by atoms with Gasteiger partial charge in [-0.3, -0.25) is 4.79 Å². The van der Waals surface area contributed by atoms with Gasteiger partial charge in [0.2, 0.25) is 0 Å². The van der Waals surface area contributed by atoms with Crippen LogP contribution in [0.5, 0.6) is 11.5 Å². The normalized spacial score (nSPS) is 14.8. The predicted octanol–water partition coefficient (Wildman–Crippen LogP) is 1.82. The van der Waals surface area contributed by atoms with Crippen LogP contribution in [0.1, 0.15) is 13.3 Å². The number of nitrogens with one attached hydrogen (secondary N) is 1. The van der Waals surface area contributed by atoms with E-state index in [4.69, 9.17) is 9.47 Å². The summed E-state index contributed by atoms with van der Waals surface area (Å²) >= 11 is 0. The van der Waals surface area contributed by atoms with Crippen molar-refractivity contribution in [2.24, 2.45) is 0 Å². The quantitative estimate of drug-likeness (QED) is 0.827. The average molecular weight is 251 g/mol. The lowest BCUT2D eigenvalue weighted by atomic mass is 10.2. The highest BCUT2D eigenvalue weighted by atomic mass is 16.6. The van der Waals surface area contributed by atoms with Gasteiger partial charge in [-0.05, 0) is 19.1 Å². The van der Waals surface area contributed by atoms with Gasteiger partial charge >= 0.3 is 5.97 Å². The molecule has 0 bridgehead atoms. The maximum atomic E-state index is 11.1. The molecule has 0 spiro atoms. The lowest BCUT2D eigenvalue weighted by molar-refractivity contribution is -0.140. The number of methoxy groups -OCH3 is 1. The van der Waals surface area contributed by atoms with Crippen LogP contribution in [-0.2, 0) is 9.53 Å². The number of hydrogen-bond acceptors (Lipinski definition) is 5. The Morgan fingerprint density at radius 3 is 2.83 bits per heavy atom. The Kier molecular flexibility index (Phi) is 3.92. The van der Waals surface area contributed by atoms with Crippen LogP contribution in [0.25, 0.3) is 0 Å². The number of hydrogen-bond donors (Lipinski definition) is 1. The minimum absolute atomic E-state index is 0.00000827. The van der Waals surface area contributed by atoms with Crippen molar-refractivity contribution in [3.05, 3.63) is 18.2 Å². The number of ether oxygens (including phenoxy) is 3. The molecule has 1 aromatic carbocycles. The van der Waals surface area contributed by atoms with E-state index in [-0.39, 0.29) is 12.0 Å². The van der Waals surface area contributed by atoms with E-state index < -0.39 is 0 Å². The van der Waals surface area contributed by atoms with Crippen LogP contribution in [0.2, 0.25) is 0 Å². The highest BCUT2D eigenvalue weighted by molar-refractivity contribution is 5.70. The number of carbonyl (C=O) groups is 1. The van der Waals surface area contributed by atoms with Gasteiger partial charge in [-0.15, -0.1) is 0 Å². The summed E-state index contributed by atoms with van der Waals surface area (Å²) in [5.41, 5.74) is 0.899. The second kappa shape index (κ2) is 5.62. The van der Waals surface area contributed by atoms with E-state index >= 15 is 0 Å². The summed E-state index contributed by atoms with van der Waals surface area (Å²) < 4.78 is 15.6. The second-order valence-corrected chi connectivity index (χ2v) is 4.18. The molecule has 1 unspecified atom stereocenters. The van der Waals surface area contributed by atoms with Crippen molar-refractivity contribution in [2.75, 3.05) is 25.6 Å². The number of esters is 1. The van der Waals surface area contributed by atoms with Gasteiger partial charge in [-0.2, -0.15) is 0 Å². The lowest BCUT2D eigenvalue weighted by Gasteiger charge is -2.20. The summed E-state index contributed by atoms with van der Waals surface area (Å²) in [5, 5.41) is 3.22. The third-order valence-electron chi connectivity index (χ3n) is 2.66. The first-order valence-electron chi connectivity index (χ1n) is 5.92. The number of fused-ring (bicyclic) bond motifs is 1. The van der Waals surface area contributed by atoms with Crippen molar-refractivity contribution in [1.82, 2.24) is 0 Å². The topological polar surface area (TPSA) is 56.8 Å². The van der Waals surface area contributed by atoms with Crippen LogP contribution >= 0.6 is 0 Å². The van der Waals surface area contributed by atoms with E-state index in [1.165, 1.54) is 7.11 Å². The molecule has 1 N–H and O–H groups in total. The molecule has 1 aliphatic heterocycles. The van der Waals surface area contributed by atoms with E-state index in [2.05, 4.69) is 10.1 Å². The minimum Gasteiger partial charge on any atom is -0.486 e. The van der Waals surface area contributed by atoms with Crippen molar-refractivity contribution in [3.63, 3.8) is 0 Å². The highest BCUT2D eigenvalue weighted by Crippen LogP contribution is 2.32. The third-order valence-corrected chi connectivity index (χ3v) is 2.66. The molecule has 5 heteroatoms. The van der Waals surface area contributed by atoms with E-state index in [0.717, 1.165) is 17.2 Å². The molecule has 0 amide bonds. The van der Waals surface area contributed by atoms with Crippen molar-refractivity contribution < 1.29 is 19.0 Å². The van der Waals surface area contributed by atoms with E-state index in [1.54, 1.807) is 0 Å². The van der Waals surface area contributed by atoms with Crippen LogP contribution in [0, 0.1) is 0 Å². The van der Waals surface area contributed by atoms with Gasteiger partial charge in [0.25, 0.3) is 0 Å². The van der Waals surface area contributed by atoms with E-state index in [1.807, 2.05) is 25.1 Å². The first-order chi connectivity index (χ1) is 8.69. The number of carbonyl (C=O) groups excluding carboxylic acids is 1. The molecular weight excluding hydrogens is 234 g/mol. The molecule has 0 saturated heterocycles. The first-order valence-corrected chi connectivity index (χ1v) is 5.92. The van der Waals surface area contributed by atoms with Crippen LogP contribution in [0.15, 0.2) is 18.2 Å². The molecule has 1 aromatic rings. The Morgan fingerprint density at radius 2 is 2.11 bits per heavy atom. The second-order valence-electron chi connectivity index (χ2n) is 4.18. The Balaban J connectivity index is 1.99. The number of anilines is 1. The molecule has 1 heterocycles. The molecule has 0 radical (unpaired) electrons. The molecule has 98 valence electrons. The van der Waals surface area contributed by atoms with Crippen molar-refractivity contribution in [3.8, 4) is 11.5 Å². The molecule has 2 rings (SSSR count). The summed E-state index contributed by atoms with van der Waals surface area (Å²) in [6.45, 7) is 3.07. The fourth-order valence-electron chi connectivity index (χ4n) is 1.80. The third kappa shape index (κ3) is 3.06. The van der Waals surface area contributed by atoms with Gasteiger partial charge < -0.3 is 19.5 Å². The number of rotatable bonds is 4. The highest BCUT2D eigenvalue weighted by Gasteiger charge is 2.13. The standard InChI is InChI=1S/C13H17NO4/c1-9(7-13(15)16-2)14-10-3-4-11-12(8-10)18-6-5-17-11/h3-4,8-9,14H,5-7H2,1-2H3. The average Bonchev–Trinajstić information content (AvgIpc) is 2.38. The zero-order valence-electron chi connectivity index (χ0n) is 10.6. The molecule has 1 aliphatic rings. The number of benzene rings is 1. The fraction of sp³-hybridized carbons (Fsp3) is 0.462. The maximum absolute atomic E-state index is 11.1.